The Morgan fingerprint density at radius 1 is 1.33 bits per heavy atom. The number of ketones is 1. The van der Waals surface area contributed by atoms with Crippen LogP contribution in [-0.4, -0.2) is 39.5 Å². The van der Waals surface area contributed by atoms with Gasteiger partial charge in [-0.3, -0.25) is 19.7 Å². The van der Waals surface area contributed by atoms with E-state index in [2.05, 4.69) is 5.32 Å². The smallest absolute Gasteiger partial charge is 0.276 e. The lowest BCUT2D eigenvalue weighted by Crippen LogP contribution is -2.34. The van der Waals surface area contributed by atoms with Crippen LogP contribution in [0.15, 0.2) is 18.2 Å². The summed E-state index contributed by atoms with van der Waals surface area (Å²) in [6, 6.07) is 3.60. The molecule has 0 saturated heterocycles. The molecule has 0 aliphatic rings. The summed E-state index contributed by atoms with van der Waals surface area (Å²) in [4.78, 5) is 32.3. The maximum atomic E-state index is 11.2. The quantitative estimate of drug-likeness (QED) is 0.394. The topological polar surface area (TPSA) is 130 Å². The predicted molar refractivity (Wildman–Crippen MR) is 72.8 cm³/mol. The highest BCUT2D eigenvalue weighted by atomic mass is 16.6. The normalized spacial score (nSPS) is 13.3. The second-order valence-electron chi connectivity index (χ2n) is 4.54. The average Bonchev–Trinajstić information content (AvgIpc) is 2.42. The minimum atomic E-state index is -1.56. The van der Waals surface area contributed by atoms with E-state index in [0.29, 0.717) is 0 Å². The molecule has 0 bridgehead atoms. The highest BCUT2D eigenvalue weighted by molar-refractivity contribution is 5.94. The molecule has 0 heterocycles. The molecule has 8 nitrogen and oxygen atoms in total. The van der Waals surface area contributed by atoms with E-state index in [-0.39, 0.29) is 23.5 Å². The number of rotatable bonds is 6. The van der Waals surface area contributed by atoms with Crippen LogP contribution in [0.4, 0.5) is 5.69 Å². The van der Waals surface area contributed by atoms with Crippen molar-refractivity contribution in [2.24, 2.45) is 0 Å². The second-order valence-corrected chi connectivity index (χ2v) is 4.54. The molecule has 1 aromatic rings. The Kier molecular flexibility index (Phi) is 5.51. The van der Waals surface area contributed by atoms with Crippen molar-refractivity contribution in [3.05, 3.63) is 39.4 Å². The fourth-order valence-electron chi connectivity index (χ4n) is 1.74. The molecular weight excluding hydrogens is 280 g/mol. The fourth-order valence-corrected chi connectivity index (χ4v) is 1.74. The molecule has 2 unspecified atom stereocenters. The van der Waals surface area contributed by atoms with E-state index in [0.717, 1.165) is 6.07 Å². The summed E-state index contributed by atoms with van der Waals surface area (Å²) in [6.07, 6.45) is -2.96. The highest BCUT2D eigenvalue weighted by Gasteiger charge is 2.27. The van der Waals surface area contributed by atoms with Crippen LogP contribution >= 0.6 is 0 Å². The number of aliphatic hydroxyl groups excluding tert-OH is 2. The molecule has 0 radical (unpaired) electrons. The van der Waals surface area contributed by atoms with Crippen molar-refractivity contribution in [2.45, 2.75) is 26.1 Å². The third-order valence-corrected chi connectivity index (χ3v) is 2.88. The number of amides is 1. The van der Waals surface area contributed by atoms with Gasteiger partial charge in [0.15, 0.2) is 5.78 Å². The van der Waals surface area contributed by atoms with E-state index in [1.54, 1.807) is 0 Å². The van der Waals surface area contributed by atoms with Gasteiger partial charge in [0, 0.05) is 25.1 Å². The Balaban J connectivity index is 3.08. The molecule has 2 atom stereocenters. The number of carbonyl (C=O) groups excluding carboxylic acids is 2. The fraction of sp³-hybridized carbons (Fsp3) is 0.385. The lowest BCUT2D eigenvalue weighted by molar-refractivity contribution is -0.386. The van der Waals surface area contributed by atoms with Crippen molar-refractivity contribution in [2.75, 3.05) is 6.54 Å². The molecule has 0 aromatic heterocycles. The van der Waals surface area contributed by atoms with Gasteiger partial charge in [0.2, 0.25) is 5.91 Å². The predicted octanol–water partition coefficient (Wildman–Crippen LogP) is 0.328. The van der Waals surface area contributed by atoms with E-state index in [4.69, 9.17) is 0 Å². The Bertz CT molecular complexity index is 572. The zero-order valence-electron chi connectivity index (χ0n) is 11.6. The van der Waals surface area contributed by atoms with Gasteiger partial charge >= 0.3 is 0 Å². The molecular formula is C13H16N2O6. The molecule has 0 fully saturated rings. The monoisotopic (exact) mass is 296 g/mol. The van der Waals surface area contributed by atoms with Crippen LogP contribution in [0.3, 0.4) is 0 Å². The highest BCUT2D eigenvalue weighted by Crippen LogP contribution is 2.28. The number of Topliss-reactive ketones (excluding diaryl/α,β-unsaturated/α-hetero) is 1. The summed E-state index contributed by atoms with van der Waals surface area (Å²) in [5.41, 5.74) is -0.450. The Hall–Kier alpha value is -2.32. The number of benzene rings is 1. The first-order valence-electron chi connectivity index (χ1n) is 6.14. The van der Waals surface area contributed by atoms with Crippen LogP contribution in [-0.2, 0) is 4.79 Å². The van der Waals surface area contributed by atoms with E-state index >= 15 is 0 Å². The van der Waals surface area contributed by atoms with E-state index in [1.165, 1.54) is 26.0 Å². The first kappa shape index (κ1) is 16.7. The van der Waals surface area contributed by atoms with Crippen LogP contribution in [0.25, 0.3) is 0 Å². The molecule has 0 aliphatic heterocycles. The van der Waals surface area contributed by atoms with Crippen molar-refractivity contribution in [3.63, 3.8) is 0 Å². The largest absolute Gasteiger partial charge is 0.388 e. The number of carbonyl (C=O) groups is 2. The Morgan fingerprint density at radius 2 is 1.95 bits per heavy atom. The van der Waals surface area contributed by atoms with Crippen molar-refractivity contribution < 1.29 is 24.7 Å². The first-order valence-corrected chi connectivity index (χ1v) is 6.14. The van der Waals surface area contributed by atoms with E-state index in [1.807, 2.05) is 0 Å². The van der Waals surface area contributed by atoms with Crippen molar-refractivity contribution in [1.29, 1.82) is 0 Å². The number of nitro benzene ring substituents is 1. The maximum Gasteiger partial charge on any atom is 0.276 e. The molecule has 0 saturated carbocycles. The summed E-state index contributed by atoms with van der Waals surface area (Å²) in [5, 5.41) is 33.0. The van der Waals surface area contributed by atoms with Gasteiger partial charge < -0.3 is 15.5 Å². The number of hydrogen-bond acceptors (Lipinski definition) is 6. The van der Waals surface area contributed by atoms with Gasteiger partial charge in [0.25, 0.3) is 5.69 Å². The summed E-state index contributed by atoms with van der Waals surface area (Å²) in [5.74, 6) is -0.749. The van der Waals surface area contributed by atoms with Gasteiger partial charge in [0.1, 0.15) is 12.2 Å². The zero-order chi connectivity index (χ0) is 16.2. The van der Waals surface area contributed by atoms with Crippen LogP contribution in [0.5, 0.6) is 0 Å². The van der Waals surface area contributed by atoms with Gasteiger partial charge in [-0.25, -0.2) is 0 Å². The maximum absolute atomic E-state index is 11.2. The number of nitrogens with zero attached hydrogens (tertiary/aromatic N) is 1. The molecule has 21 heavy (non-hydrogen) atoms. The van der Waals surface area contributed by atoms with Crippen molar-refractivity contribution in [1.82, 2.24) is 5.32 Å². The summed E-state index contributed by atoms with van der Waals surface area (Å²) >= 11 is 0. The molecule has 114 valence electrons. The average molecular weight is 296 g/mol. The molecule has 0 aliphatic carbocycles. The van der Waals surface area contributed by atoms with Crippen molar-refractivity contribution in [3.8, 4) is 0 Å². The second kappa shape index (κ2) is 6.91. The van der Waals surface area contributed by atoms with Crippen LogP contribution in [0.2, 0.25) is 0 Å². The minimum absolute atomic E-state index is 0.122. The lowest BCUT2D eigenvalue weighted by Gasteiger charge is -2.18. The zero-order valence-corrected chi connectivity index (χ0v) is 11.6. The number of hydrogen-bond donors (Lipinski definition) is 3. The SMILES string of the molecule is CC(=O)NCC(O)C(O)c1ccc(C(C)=O)cc1[N+](=O)[O-]. The molecule has 1 amide bonds. The van der Waals surface area contributed by atoms with Crippen molar-refractivity contribution >= 4 is 17.4 Å². The molecule has 1 rings (SSSR count). The number of nitro groups is 1. The van der Waals surface area contributed by atoms with E-state index in [9.17, 15) is 29.9 Å². The molecule has 1 aromatic carbocycles. The molecule has 0 spiro atoms. The van der Waals surface area contributed by atoms with E-state index < -0.39 is 28.7 Å². The van der Waals surface area contributed by atoms with Crippen LogP contribution in [0.1, 0.15) is 35.9 Å². The molecule has 8 heteroatoms. The standard InChI is InChI=1S/C13H16N2O6/c1-7(16)9-3-4-10(11(5-9)15(20)21)13(19)12(18)6-14-8(2)17/h3-5,12-13,18-19H,6H2,1-2H3,(H,14,17). The van der Waals surface area contributed by atoms with Gasteiger partial charge in [-0.15, -0.1) is 0 Å². The number of aliphatic hydroxyl groups is 2. The lowest BCUT2D eigenvalue weighted by atomic mass is 9.99. The van der Waals surface area contributed by atoms with Gasteiger partial charge in [-0.05, 0) is 13.0 Å². The van der Waals surface area contributed by atoms with Gasteiger partial charge in [-0.1, -0.05) is 6.07 Å². The van der Waals surface area contributed by atoms with Crippen LogP contribution < -0.4 is 5.32 Å². The first-order chi connectivity index (χ1) is 9.73. The third-order valence-electron chi connectivity index (χ3n) is 2.88. The third kappa shape index (κ3) is 4.33. The molecule has 3 N–H and O–H groups in total. The van der Waals surface area contributed by atoms with Gasteiger partial charge in [0.05, 0.1) is 10.5 Å². The Morgan fingerprint density at radius 3 is 2.43 bits per heavy atom. The summed E-state index contributed by atoms with van der Waals surface area (Å²) in [7, 11) is 0. The number of nitrogens with one attached hydrogen (secondary N) is 1. The minimum Gasteiger partial charge on any atom is -0.388 e. The Labute approximate surface area is 120 Å². The summed E-state index contributed by atoms with van der Waals surface area (Å²) in [6.45, 7) is 2.26. The van der Waals surface area contributed by atoms with Gasteiger partial charge in [-0.2, -0.15) is 0 Å². The summed E-state index contributed by atoms with van der Waals surface area (Å²) < 4.78 is 0. The van der Waals surface area contributed by atoms with Crippen LogP contribution in [0, 0.1) is 10.1 Å².